The molecule has 0 fully saturated rings. The van der Waals surface area contributed by atoms with Crippen molar-refractivity contribution in [2.24, 2.45) is 0 Å². The quantitative estimate of drug-likeness (QED) is 0.234. The smallest absolute Gasteiger partial charge is 0.164 e. The molecule has 0 saturated heterocycles. The number of rotatable bonds is 4. The number of nitrogens with zero attached hydrogens (tertiary/aromatic N) is 3. The second-order valence-electron chi connectivity index (χ2n) is 10.5. The molecule has 0 aliphatic carbocycles. The summed E-state index contributed by atoms with van der Waals surface area (Å²) in [6.07, 6.45) is 0. The zero-order valence-corrected chi connectivity index (χ0v) is 22.4. The molecule has 1 aromatic heterocycles. The normalized spacial score (nSPS) is 13.2. The van der Waals surface area contributed by atoms with E-state index in [2.05, 4.69) is 62.4 Å². The highest BCUT2D eigenvalue weighted by Gasteiger charge is 2.34. The average Bonchev–Trinajstić information content (AvgIpc) is 3.02. The minimum atomic E-state index is -0.205. The minimum absolute atomic E-state index is 0.205. The largest absolute Gasteiger partial charge is 0.457 e. The van der Waals surface area contributed by atoms with E-state index < -0.39 is 0 Å². The highest BCUT2D eigenvalue weighted by atomic mass is 16.5. The van der Waals surface area contributed by atoms with Crippen LogP contribution in [0.2, 0.25) is 0 Å². The average molecular weight is 518 g/mol. The van der Waals surface area contributed by atoms with Gasteiger partial charge in [0, 0.05) is 33.2 Å². The lowest BCUT2D eigenvalue weighted by atomic mass is 9.75. The van der Waals surface area contributed by atoms with Crippen molar-refractivity contribution in [1.29, 1.82) is 0 Å². The highest BCUT2D eigenvalue weighted by Crippen LogP contribution is 2.49. The molecule has 6 aromatic rings. The lowest BCUT2D eigenvalue weighted by molar-refractivity contribution is 0.418. The molecule has 0 N–H and O–H groups in total. The maximum absolute atomic E-state index is 6.32. The molecule has 0 saturated carbocycles. The molecule has 192 valence electrons. The molecule has 1 aliphatic rings. The van der Waals surface area contributed by atoms with Gasteiger partial charge in [-0.2, -0.15) is 0 Å². The Balaban J connectivity index is 1.39. The number of hydrogen-bond acceptors (Lipinski definition) is 4. The molecule has 4 heteroatoms. The monoisotopic (exact) mass is 517 g/mol. The minimum Gasteiger partial charge on any atom is -0.457 e. The van der Waals surface area contributed by atoms with E-state index in [1.165, 1.54) is 5.56 Å². The summed E-state index contributed by atoms with van der Waals surface area (Å²) in [4.78, 5) is 14.8. The van der Waals surface area contributed by atoms with Gasteiger partial charge in [-0.3, -0.25) is 0 Å². The predicted octanol–water partition coefficient (Wildman–Crippen LogP) is 8.97. The molecule has 0 atom stereocenters. The van der Waals surface area contributed by atoms with Gasteiger partial charge in [-0.25, -0.2) is 15.0 Å². The van der Waals surface area contributed by atoms with Gasteiger partial charge in [0.25, 0.3) is 0 Å². The van der Waals surface area contributed by atoms with E-state index in [1.807, 2.05) is 78.9 Å². The number of hydrogen-bond donors (Lipinski definition) is 0. The van der Waals surface area contributed by atoms with Crippen molar-refractivity contribution in [3.05, 3.63) is 139 Å². The van der Waals surface area contributed by atoms with Crippen LogP contribution in [-0.4, -0.2) is 15.0 Å². The maximum atomic E-state index is 6.32. The van der Waals surface area contributed by atoms with Crippen molar-refractivity contribution in [3.8, 4) is 56.8 Å². The van der Waals surface area contributed by atoms with Gasteiger partial charge in [0.05, 0.1) is 0 Å². The molecule has 2 heterocycles. The topological polar surface area (TPSA) is 47.9 Å². The Morgan fingerprint density at radius 3 is 1.65 bits per heavy atom. The second-order valence-corrected chi connectivity index (χ2v) is 10.5. The Kier molecular flexibility index (Phi) is 5.75. The molecule has 0 amide bonds. The van der Waals surface area contributed by atoms with Crippen LogP contribution in [0.3, 0.4) is 0 Å². The van der Waals surface area contributed by atoms with Crippen LogP contribution in [0.25, 0.3) is 45.3 Å². The first kappa shape index (κ1) is 24.0. The van der Waals surface area contributed by atoms with Crippen LogP contribution >= 0.6 is 0 Å². The number of para-hydroxylation sites is 1. The van der Waals surface area contributed by atoms with E-state index in [0.717, 1.165) is 44.9 Å². The van der Waals surface area contributed by atoms with Crippen LogP contribution in [0.5, 0.6) is 11.5 Å². The Hall–Kier alpha value is -5.09. The van der Waals surface area contributed by atoms with Crippen LogP contribution in [-0.2, 0) is 5.41 Å². The van der Waals surface area contributed by atoms with Gasteiger partial charge in [-0.05, 0) is 29.3 Å². The van der Waals surface area contributed by atoms with E-state index in [0.29, 0.717) is 17.5 Å². The molecule has 0 spiro atoms. The van der Waals surface area contributed by atoms with E-state index >= 15 is 0 Å². The third-order valence-corrected chi connectivity index (χ3v) is 7.61. The SMILES string of the molecule is CC1(C)c2ccccc2Oc2ccc(-c3ccccc3-c3nc(-c4ccccc4)nc(-c4ccccc4)n3)cc21. The second kappa shape index (κ2) is 9.58. The third-order valence-electron chi connectivity index (χ3n) is 7.61. The van der Waals surface area contributed by atoms with Crippen molar-refractivity contribution >= 4 is 0 Å². The van der Waals surface area contributed by atoms with Crippen LogP contribution in [0.1, 0.15) is 25.0 Å². The van der Waals surface area contributed by atoms with Crippen molar-refractivity contribution in [2.45, 2.75) is 19.3 Å². The van der Waals surface area contributed by atoms with Crippen LogP contribution in [0, 0.1) is 0 Å². The van der Waals surface area contributed by atoms with Gasteiger partial charge >= 0.3 is 0 Å². The molecule has 0 radical (unpaired) electrons. The number of ether oxygens (including phenoxy) is 1. The Morgan fingerprint density at radius 2 is 0.975 bits per heavy atom. The van der Waals surface area contributed by atoms with Gasteiger partial charge in [0.2, 0.25) is 0 Å². The summed E-state index contributed by atoms with van der Waals surface area (Å²) in [6.45, 7) is 4.51. The summed E-state index contributed by atoms with van der Waals surface area (Å²) in [7, 11) is 0. The molecule has 7 rings (SSSR count). The lowest BCUT2D eigenvalue weighted by Crippen LogP contribution is -2.24. The van der Waals surface area contributed by atoms with Crippen LogP contribution in [0.4, 0.5) is 0 Å². The summed E-state index contributed by atoms with van der Waals surface area (Å²) in [5, 5.41) is 0. The predicted molar refractivity (Wildman–Crippen MR) is 160 cm³/mol. The highest BCUT2D eigenvalue weighted by molar-refractivity contribution is 5.83. The van der Waals surface area contributed by atoms with Gasteiger partial charge < -0.3 is 4.74 Å². The van der Waals surface area contributed by atoms with Crippen molar-refractivity contribution in [3.63, 3.8) is 0 Å². The summed E-state index contributed by atoms with van der Waals surface area (Å²) in [6, 6.07) is 43.2. The Labute approximate surface area is 234 Å². The first-order chi connectivity index (χ1) is 19.6. The summed E-state index contributed by atoms with van der Waals surface area (Å²) >= 11 is 0. The van der Waals surface area contributed by atoms with Crippen LogP contribution in [0.15, 0.2) is 127 Å². The van der Waals surface area contributed by atoms with Crippen molar-refractivity contribution in [1.82, 2.24) is 15.0 Å². The molecule has 1 aliphatic heterocycles. The van der Waals surface area contributed by atoms with E-state index in [9.17, 15) is 0 Å². The standard InChI is InChI=1S/C36H27N3O/c1-36(2)29-19-11-12-20-31(29)40-32-22-21-26(23-30(32)36)27-17-9-10-18-28(27)35-38-33(24-13-5-3-6-14-24)37-34(39-35)25-15-7-4-8-16-25/h3-23H,1-2H3. The fourth-order valence-electron chi connectivity index (χ4n) is 5.47. The van der Waals surface area contributed by atoms with Crippen molar-refractivity contribution in [2.75, 3.05) is 0 Å². The van der Waals surface area contributed by atoms with Crippen LogP contribution < -0.4 is 4.74 Å². The number of fused-ring (bicyclic) bond motifs is 2. The summed E-state index contributed by atoms with van der Waals surface area (Å²) in [5.74, 6) is 3.75. The van der Waals surface area contributed by atoms with Gasteiger partial charge in [0.15, 0.2) is 17.5 Å². The third kappa shape index (κ3) is 4.15. The molecule has 5 aromatic carbocycles. The fourth-order valence-corrected chi connectivity index (χ4v) is 5.47. The molecule has 40 heavy (non-hydrogen) atoms. The lowest BCUT2D eigenvalue weighted by Gasteiger charge is -2.34. The zero-order valence-electron chi connectivity index (χ0n) is 22.4. The van der Waals surface area contributed by atoms with E-state index in [4.69, 9.17) is 19.7 Å². The fraction of sp³-hybridized carbons (Fsp3) is 0.0833. The number of benzene rings is 5. The van der Waals surface area contributed by atoms with E-state index in [-0.39, 0.29) is 5.41 Å². The molecular weight excluding hydrogens is 490 g/mol. The first-order valence-electron chi connectivity index (χ1n) is 13.5. The van der Waals surface area contributed by atoms with E-state index in [1.54, 1.807) is 0 Å². The Bertz CT molecular complexity index is 1790. The van der Waals surface area contributed by atoms with Gasteiger partial charge in [0.1, 0.15) is 11.5 Å². The first-order valence-corrected chi connectivity index (χ1v) is 13.5. The van der Waals surface area contributed by atoms with Crippen molar-refractivity contribution < 1.29 is 4.74 Å². The molecule has 0 unspecified atom stereocenters. The molecular formula is C36H27N3O. The van der Waals surface area contributed by atoms with Gasteiger partial charge in [-0.15, -0.1) is 0 Å². The Morgan fingerprint density at radius 1 is 0.450 bits per heavy atom. The summed E-state index contributed by atoms with van der Waals surface area (Å²) < 4.78 is 6.32. The molecule has 0 bridgehead atoms. The van der Waals surface area contributed by atoms with Gasteiger partial charge in [-0.1, -0.05) is 123 Å². The number of aromatic nitrogens is 3. The molecule has 4 nitrogen and oxygen atoms in total. The summed E-state index contributed by atoms with van der Waals surface area (Å²) in [5.41, 5.74) is 7.14. The maximum Gasteiger partial charge on any atom is 0.164 e. The zero-order chi connectivity index (χ0) is 27.1.